The van der Waals surface area contributed by atoms with Gasteiger partial charge in [-0.05, 0) is 101 Å². The number of rotatable bonds is 10. The van der Waals surface area contributed by atoms with Crippen LogP contribution < -0.4 is 15.4 Å². The van der Waals surface area contributed by atoms with E-state index in [9.17, 15) is 10.1 Å². The molecule has 0 saturated heterocycles. The molecule has 39 heavy (non-hydrogen) atoms. The lowest BCUT2D eigenvalue weighted by Crippen LogP contribution is -2.17. The van der Waals surface area contributed by atoms with Crippen LogP contribution in [0.5, 0.6) is 5.75 Å². The van der Waals surface area contributed by atoms with Gasteiger partial charge in [-0.1, -0.05) is 6.07 Å². The Kier molecular flexibility index (Phi) is 8.74. The van der Waals surface area contributed by atoms with E-state index in [1.54, 1.807) is 12.4 Å². The molecule has 2 aromatic heterocycles. The minimum absolute atomic E-state index is 0.0365. The number of benzene rings is 2. The van der Waals surface area contributed by atoms with Crippen molar-refractivity contribution in [3.05, 3.63) is 82.8 Å². The standard InChI is InChI=1S/C31H34N6O2/c1-20-8-6-12-33-29(20)19-39-24-10-11-26(21(2)14-24)36-31-23(17-32)18-34-28-15-22(3)27(16-25(28)31)35-30(38)9-7-13-37(4)5/h6,8,10-12,14-16,18H,7,9,13,19H2,1-5H3,(H,34,36)(H,35,38). The minimum atomic E-state index is -0.0365. The highest BCUT2D eigenvalue weighted by molar-refractivity contribution is 6.01. The second kappa shape index (κ2) is 12.4. The van der Waals surface area contributed by atoms with E-state index in [1.165, 1.54) is 0 Å². The summed E-state index contributed by atoms with van der Waals surface area (Å²) in [6.07, 6.45) is 4.55. The van der Waals surface area contributed by atoms with Gasteiger partial charge in [0.2, 0.25) is 5.91 Å². The second-order valence-electron chi connectivity index (χ2n) is 9.96. The predicted octanol–water partition coefficient (Wildman–Crippen LogP) is 6.03. The van der Waals surface area contributed by atoms with Crippen molar-refractivity contribution in [3.8, 4) is 11.8 Å². The van der Waals surface area contributed by atoms with E-state index >= 15 is 0 Å². The maximum atomic E-state index is 12.6. The molecule has 4 aromatic rings. The maximum Gasteiger partial charge on any atom is 0.224 e. The molecule has 0 bridgehead atoms. The molecule has 0 saturated carbocycles. The summed E-state index contributed by atoms with van der Waals surface area (Å²) >= 11 is 0. The largest absolute Gasteiger partial charge is 0.487 e. The van der Waals surface area contributed by atoms with Crippen LogP contribution in [0.1, 0.15) is 40.8 Å². The Morgan fingerprint density at radius 1 is 1.03 bits per heavy atom. The Morgan fingerprint density at radius 3 is 2.54 bits per heavy atom. The van der Waals surface area contributed by atoms with Crippen molar-refractivity contribution in [2.75, 3.05) is 31.3 Å². The number of ether oxygens (including phenoxy) is 1. The number of pyridine rings is 2. The van der Waals surface area contributed by atoms with Crippen LogP contribution in [-0.4, -0.2) is 41.4 Å². The molecule has 0 spiro atoms. The molecule has 0 aliphatic heterocycles. The van der Waals surface area contributed by atoms with Gasteiger partial charge in [0, 0.05) is 35.6 Å². The van der Waals surface area contributed by atoms with Crippen molar-refractivity contribution in [2.24, 2.45) is 0 Å². The van der Waals surface area contributed by atoms with E-state index in [1.807, 2.05) is 77.3 Å². The summed E-state index contributed by atoms with van der Waals surface area (Å²) in [6.45, 7) is 7.17. The van der Waals surface area contributed by atoms with Gasteiger partial charge >= 0.3 is 0 Å². The fourth-order valence-electron chi connectivity index (χ4n) is 4.29. The third-order valence-corrected chi connectivity index (χ3v) is 6.57. The number of hydrogen-bond donors (Lipinski definition) is 2. The Balaban J connectivity index is 1.58. The van der Waals surface area contributed by atoms with Crippen molar-refractivity contribution in [3.63, 3.8) is 0 Å². The highest BCUT2D eigenvalue weighted by Crippen LogP contribution is 2.34. The molecule has 2 N–H and O–H groups in total. The number of anilines is 3. The molecule has 1 amide bonds. The van der Waals surface area contributed by atoms with Gasteiger partial charge in [0.25, 0.3) is 0 Å². The number of hydrogen-bond acceptors (Lipinski definition) is 7. The summed E-state index contributed by atoms with van der Waals surface area (Å²) < 4.78 is 5.99. The normalized spacial score (nSPS) is 10.9. The van der Waals surface area contributed by atoms with Gasteiger partial charge in [-0.15, -0.1) is 0 Å². The van der Waals surface area contributed by atoms with E-state index < -0.39 is 0 Å². The van der Waals surface area contributed by atoms with E-state index in [0.717, 1.165) is 57.7 Å². The summed E-state index contributed by atoms with van der Waals surface area (Å²) in [5.74, 6) is 0.698. The van der Waals surface area contributed by atoms with Gasteiger partial charge in [0.05, 0.1) is 22.5 Å². The lowest BCUT2D eigenvalue weighted by atomic mass is 10.0. The molecular formula is C31H34N6O2. The highest BCUT2D eigenvalue weighted by atomic mass is 16.5. The van der Waals surface area contributed by atoms with Crippen molar-refractivity contribution in [1.29, 1.82) is 5.26 Å². The first-order valence-electron chi connectivity index (χ1n) is 12.9. The number of aromatic nitrogens is 2. The quantitative estimate of drug-likeness (QED) is 0.262. The minimum Gasteiger partial charge on any atom is -0.487 e. The fourth-order valence-corrected chi connectivity index (χ4v) is 4.29. The van der Waals surface area contributed by atoms with Crippen LogP contribution in [0.25, 0.3) is 10.9 Å². The number of nitriles is 1. The van der Waals surface area contributed by atoms with Gasteiger partial charge in [-0.2, -0.15) is 5.26 Å². The van der Waals surface area contributed by atoms with Gasteiger partial charge < -0.3 is 20.3 Å². The monoisotopic (exact) mass is 522 g/mol. The molecule has 0 unspecified atom stereocenters. The SMILES string of the molecule is Cc1cc2ncc(C#N)c(Nc3ccc(OCc4ncccc4C)cc3C)c2cc1NC(=O)CCCN(C)C. The third kappa shape index (κ3) is 6.89. The Hall–Kier alpha value is -4.48. The molecule has 200 valence electrons. The second-order valence-corrected chi connectivity index (χ2v) is 9.96. The van der Waals surface area contributed by atoms with Crippen molar-refractivity contribution >= 4 is 33.9 Å². The first-order chi connectivity index (χ1) is 18.7. The number of nitrogens with zero attached hydrogens (tertiary/aromatic N) is 4. The lowest BCUT2D eigenvalue weighted by Gasteiger charge is -2.17. The molecule has 8 heteroatoms. The Bertz CT molecular complexity index is 1540. The zero-order valence-corrected chi connectivity index (χ0v) is 23.1. The predicted molar refractivity (Wildman–Crippen MR) is 155 cm³/mol. The van der Waals surface area contributed by atoms with E-state index in [-0.39, 0.29) is 5.91 Å². The summed E-state index contributed by atoms with van der Waals surface area (Å²) in [5.41, 5.74) is 7.20. The van der Waals surface area contributed by atoms with E-state index in [4.69, 9.17) is 4.74 Å². The molecular weight excluding hydrogens is 488 g/mol. The number of amides is 1. The Morgan fingerprint density at radius 2 is 1.82 bits per heavy atom. The van der Waals surface area contributed by atoms with Gasteiger partial charge in [0.15, 0.2) is 0 Å². The summed E-state index contributed by atoms with van der Waals surface area (Å²) in [5, 5.41) is 17.1. The molecule has 2 heterocycles. The summed E-state index contributed by atoms with van der Waals surface area (Å²) in [4.78, 5) is 23.5. The molecule has 0 radical (unpaired) electrons. The van der Waals surface area contributed by atoms with Crippen LogP contribution in [0.3, 0.4) is 0 Å². The van der Waals surface area contributed by atoms with Crippen LogP contribution in [0, 0.1) is 32.1 Å². The van der Waals surface area contributed by atoms with Crippen LogP contribution >= 0.6 is 0 Å². The van der Waals surface area contributed by atoms with Crippen LogP contribution in [0.2, 0.25) is 0 Å². The molecule has 2 aromatic carbocycles. The van der Waals surface area contributed by atoms with Crippen molar-refractivity contribution in [2.45, 2.75) is 40.2 Å². The average Bonchev–Trinajstić information content (AvgIpc) is 2.90. The lowest BCUT2D eigenvalue weighted by molar-refractivity contribution is -0.116. The molecule has 0 aliphatic carbocycles. The van der Waals surface area contributed by atoms with Gasteiger partial charge in [0.1, 0.15) is 18.4 Å². The zero-order valence-electron chi connectivity index (χ0n) is 23.1. The number of aryl methyl sites for hydroxylation is 3. The van der Waals surface area contributed by atoms with Crippen LogP contribution in [0.15, 0.2) is 54.9 Å². The molecule has 0 atom stereocenters. The summed E-state index contributed by atoms with van der Waals surface area (Å²) in [7, 11) is 3.98. The first kappa shape index (κ1) is 27.6. The fraction of sp³-hybridized carbons (Fsp3) is 0.290. The van der Waals surface area contributed by atoms with Crippen molar-refractivity contribution < 1.29 is 9.53 Å². The van der Waals surface area contributed by atoms with E-state index in [0.29, 0.717) is 30.0 Å². The zero-order chi connectivity index (χ0) is 27.9. The highest BCUT2D eigenvalue weighted by Gasteiger charge is 2.14. The van der Waals surface area contributed by atoms with Crippen molar-refractivity contribution in [1.82, 2.24) is 14.9 Å². The molecule has 0 fully saturated rings. The average molecular weight is 523 g/mol. The number of carbonyl (C=O) groups is 1. The summed E-state index contributed by atoms with van der Waals surface area (Å²) in [6, 6.07) is 15.8. The van der Waals surface area contributed by atoms with Gasteiger partial charge in [-0.3, -0.25) is 14.8 Å². The maximum absolute atomic E-state index is 12.6. The first-order valence-corrected chi connectivity index (χ1v) is 12.9. The topological polar surface area (TPSA) is 103 Å². The number of nitrogens with one attached hydrogen (secondary N) is 2. The smallest absolute Gasteiger partial charge is 0.224 e. The third-order valence-electron chi connectivity index (χ3n) is 6.57. The number of carbonyl (C=O) groups excluding carboxylic acids is 1. The van der Waals surface area contributed by atoms with Crippen LogP contribution in [0.4, 0.5) is 17.1 Å². The van der Waals surface area contributed by atoms with Crippen LogP contribution in [-0.2, 0) is 11.4 Å². The number of fused-ring (bicyclic) bond motifs is 1. The van der Waals surface area contributed by atoms with Gasteiger partial charge in [-0.25, -0.2) is 0 Å². The van der Waals surface area contributed by atoms with E-state index in [2.05, 4.69) is 31.6 Å². The molecule has 0 aliphatic rings. The molecule has 4 rings (SSSR count). The molecule has 8 nitrogen and oxygen atoms in total. The Labute approximate surface area is 229 Å².